The van der Waals surface area contributed by atoms with Crippen molar-refractivity contribution < 1.29 is 4.74 Å². The monoisotopic (exact) mass is 322 g/mol. The summed E-state index contributed by atoms with van der Waals surface area (Å²) in [7, 11) is 1.70. The molecule has 0 saturated heterocycles. The Morgan fingerprint density at radius 2 is 1.36 bits per heavy atom. The molecular weight excluding hydrogens is 308 g/mol. The van der Waals surface area contributed by atoms with Gasteiger partial charge in [-0.3, -0.25) is 0 Å². The lowest BCUT2D eigenvalue weighted by atomic mass is 10.1. The van der Waals surface area contributed by atoms with E-state index in [1.54, 1.807) is 7.11 Å². The van der Waals surface area contributed by atoms with Crippen LogP contribution in [0.1, 0.15) is 0 Å². The van der Waals surface area contributed by atoms with Gasteiger partial charge in [-0.05, 0) is 41.5 Å². The van der Waals surface area contributed by atoms with Crippen LogP contribution in [0.4, 0.5) is 0 Å². The summed E-state index contributed by atoms with van der Waals surface area (Å²) < 4.78 is 5.25. The minimum atomic E-state index is 0.890. The summed E-state index contributed by atoms with van der Waals surface area (Å²) in [6, 6.07) is 23.4. The summed E-state index contributed by atoms with van der Waals surface area (Å²) in [6.07, 6.45) is 0. The van der Waals surface area contributed by atoms with Gasteiger partial charge in [0.2, 0.25) is 0 Å². The molecule has 108 valence electrons. The van der Waals surface area contributed by atoms with Gasteiger partial charge in [-0.25, -0.2) is 0 Å². The van der Waals surface area contributed by atoms with Crippen LogP contribution in [0.15, 0.2) is 86.3 Å². The Hall–Kier alpha value is -1.84. The number of fused-ring (bicyclic) bond motifs is 2. The summed E-state index contributed by atoms with van der Waals surface area (Å²) in [5, 5.41) is 0. The molecule has 0 aromatic heterocycles. The van der Waals surface area contributed by atoms with Crippen LogP contribution in [0.3, 0.4) is 0 Å². The van der Waals surface area contributed by atoms with E-state index in [9.17, 15) is 0 Å². The van der Waals surface area contributed by atoms with E-state index in [0.717, 1.165) is 5.75 Å². The number of benzene rings is 3. The standard InChI is InChI=1S/C19H14OS2/c1-20-14-11-9-13(10-12-14)15-5-4-8-18-19(15)22-17-7-3-2-6-16(17)21-18/h2-12H,1H3. The van der Waals surface area contributed by atoms with E-state index in [1.807, 2.05) is 35.7 Å². The maximum atomic E-state index is 5.25. The summed E-state index contributed by atoms with van der Waals surface area (Å²) in [5.41, 5.74) is 2.51. The summed E-state index contributed by atoms with van der Waals surface area (Å²) in [6.45, 7) is 0. The molecule has 0 fully saturated rings. The van der Waals surface area contributed by atoms with Gasteiger partial charge in [0.15, 0.2) is 0 Å². The molecule has 0 bridgehead atoms. The van der Waals surface area contributed by atoms with Gasteiger partial charge in [-0.2, -0.15) is 0 Å². The van der Waals surface area contributed by atoms with Crippen molar-refractivity contribution in [3.8, 4) is 16.9 Å². The largest absolute Gasteiger partial charge is 0.497 e. The van der Waals surface area contributed by atoms with E-state index in [4.69, 9.17) is 4.74 Å². The molecule has 0 radical (unpaired) electrons. The van der Waals surface area contributed by atoms with E-state index >= 15 is 0 Å². The van der Waals surface area contributed by atoms with Crippen molar-refractivity contribution in [3.05, 3.63) is 66.7 Å². The summed E-state index contributed by atoms with van der Waals surface area (Å²) in [5.74, 6) is 0.890. The van der Waals surface area contributed by atoms with E-state index < -0.39 is 0 Å². The van der Waals surface area contributed by atoms with E-state index in [0.29, 0.717) is 0 Å². The molecule has 1 aliphatic heterocycles. The molecule has 0 saturated carbocycles. The second kappa shape index (κ2) is 5.75. The van der Waals surface area contributed by atoms with Crippen molar-refractivity contribution >= 4 is 23.5 Å². The molecule has 0 unspecified atom stereocenters. The third-order valence-electron chi connectivity index (χ3n) is 3.66. The fourth-order valence-electron chi connectivity index (χ4n) is 2.55. The number of hydrogen-bond acceptors (Lipinski definition) is 3. The zero-order valence-electron chi connectivity index (χ0n) is 12.1. The highest BCUT2D eigenvalue weighted by molar-refractivity contribution is 8.05. The van der Waals surface area contributed by atoms with Crippen LogP contribution in [0.25, 0.3) is 11.1 Å². The van der Waals surface area contributed by atoms with Gasteiger partial charge in [0, 0.05) is 19.6 Å². The predicted octanol–water partition coefficient (Wildman–Crippen LogP) is 5.98. The maximum absolute atomic E-state index is 5.25. The Morgan fingerprint density at radius 3 is 2.09 bits per heavy atom. The average molecular weight is 322 g/mol. The molecule has 1 aliphatic rings. The average Bonchev–Trinajstić information content (AvgIpc) is 2.59. The molecule has 0 spiro atoms. The highest BCUT2D eigenvalue weighted by Gasteiger charge is 2.19. The summed E-state index contributed by atoms with van der Waals surface area (Å²) >= 11 is 3.72. The minimum Gasteiger partial charge on any atom is -0.497 e. The topological polar surface area (TPSA) is 9.23 Å². The van der Waals surface area contributed by atoms with Crippen LogP contribution < -0.4 is 4.74 Å². The Labute approximate surface area is 138 Å². The van der Waals surface area contributed by atoms with Crippen molar-refractivity contribution in [2.45, 2.75) is 19.6 Å². The van der Waals surface area contributed by atoms with E-state index in [2.05, 4.69) is 54.6 Å². The molecule has 1 heterocycles. The molecule has 3 heteroatoms. The zero-order valence-corrected chi connectivity index (χ0v) is 13.7. The third kappa shape index (κ3) is 2.40. The third-order valence-corrected chi connectivity index (χ3v) is 6.28. The van der Waals surface area contributed by atoms with Gasteiger partial charge in [-0.1, -0.05) is 59.9 Å². The molecule has 0 N–H and O–H groups in total. The fraction of sp³-hybridized carbons (Fsp3) is 0.0526. The fourth-order valence-corrected chi connectivity index (χ4v) is 4.95. The number of ether oxygens (including phenoxy) is 1. The van der Waals surface area contributed by atoms with Crippen molar-refractivity contribution in [1.29, 1.82) is 0 Å². The first-order valence-corrected chi connectivity index (χ1v) is 8.70. The number of methoxy groups -OCH3 is 1. The lowest BCUT2D eigenvalue weighted by Crippen LogP contribution is -1.92. The molecule has 3 aromatic rings. The van der Waals surface area contributed by atoms with Crippen molar-refractivity contribution in [3.63, 3.8) is 0 Å². The first-order valence-electron chi connectivity index (χ1n) is 7.07. The molecule has 0 amide bonds. The predicted molar refractivity (Wildman–Crippen MR) is 93.1 cm³/mol. The van der Waals surface area contributed by atoms with Gasteiger partial charge in [0.25, 0.3) is 0 Å². The van der Waals surface area contributed by atoms with Gasteiger partial charge in [0.05, 0.1) is 7.11 Å². The Morgan fingerprint density at radius 1 is 0.682 bits per heavy atom. The molecule has 0 aliphatic carbocycles. The minimum absolute atomic E-state index is 0.890. The van der Waals surface area contributed by atoms with Crippen LogP contribution in [0.2, 0.25) is 0 Å². The second-order valence-corrected chi connectivity index (χ2v) is 7.15. The van der Waals surface area contributed by atoms with Crippen molar-refractivity contribution in [2.75, 3.05) is 7.11 Å². The van der Waals surface area contributed by atoms with Crippen LogP contribution in [0, 0.1) is 0 Å². The van der Waals surface area contributed by atoms with Crippen LogP contribution in [-0.4, -0.2) is 7.11 Å². The lowest BCUT2D eigenvalue weighted by Gasteiger charge is -2.21. The van der Waals surface area contributed by atoms with Crippen LogP contribution in [0.5, 0.6) is 5.75 Å². The maximum Gasteiger partial charge on any atom is 0.118 e. The van der Waals surface area contributed by atoms with Gasteiger partial charge in [-0.15, -0.1) is 0 Å². The highest BCUT2D eigenvalue weighted by Crippen LogP contribution is 2.51. The Balaban J connectivity index is 1.80. The Bertz CT molecular complexity index is 825. The van der Waals surface area contributed by atoms with E-state index in [1.165, 1.54) is 30.7 Å². The van der Waals surface area contributed by atoms with Crippen LogP contribution in [-0.2, 0) is 0 Å². The molecule has 1 nitrogen and oxygen atoms in total. The quantitative estimate of drug-likeness (QED) is 0.449. The van der Waals surface area contributed by atoms with Crippen LogP contribution >= 0.6 is 23.5 Å². The second-order valence-electron chi connectivity index (χ2n) is 5.01. The molecule has 3 aromatic carbocycles. The number of hydrogen-bond donors (Lipinski definition) is 0. The van der Waals surface area contributed by atoms with E-state index in [-0.39, 0.29) is 0 Å². The molecular formula is C19H14OS2. The Kier molecular flexibility index (Phi) is 3.60. The lowest BCUT2D eigenvalue weighted by molar-refractivity contribution is 0.415. The van der Waals surface area contributed by atoms with Crippen molar-refractivity contribution in [1.82, 2.24) is 0 Å². The van der Waals surface area contributed by atoms with Gasteiger partial charge < -0.3 is 4.74 Å². The van der Waals surface area contributed by atoms with Gasteiger partial charge in [0.1, 0.15) is 5.75 Å². The smallest absolute Gasteiger partial charge is 0.118 e. The first-order chi connectivity index (χ1) is 10.8. The molecule has 4 rings (SSSR count). The zero-order chi connectivity index (χ0) is 14.9. The first kappa shape index (κ1) is 13.8. The van der Waals surface area contributed by atoms with Crippen molar-refractivity contribution in [2.24, 2.45) is 0 Å². The van der Waals surface area contributed by atoms with Gasteiger partial charge >= 0.3 is 0 Å². The summed E-state index contributed by atoms with van der Waals surface area (Å²) in [4.78, 5) is 5.35. The highest BCUT2D eigenvalue weighted by atomic mass is 32.2. The SMILES string of the molecule is COc1ccc(-c2cccc3c2Sc2ccccc2S3)cc1. The number of rotatable bonds is 2. The molecule has 0 atom stereocenters. The normalized spacial score (nSPS) is 12.4. The molecule has 22 heavy (non-hydrogen) atoms.